The van der Waals surface area contributed by atoms with Crippen LogP contribution in [0.2, 0.25) is 0 Å². The van der Waals surface area contributed by atoms with Gasteiger partial charge in [0.05, 0.1) is 11.0 Å². The zero-order valence-corrected chi connectivity index (χ0v) is 12.8. The van der Waals surface area contributed by atoms with Crippen LogP contribution in [0.1, 0.15) is 18.7 Å². The first-order valence-corrected chi connectivity index (χ1v) is 7.50. The van der Waals surface area contributed by atoms with Crippen molar-refractivity contribution in [2.45, 2.75) is 25.8 Å². The maximum atomic E-state index is 13.4. The van der Waals surface area contributed by atoms with Crippen LogP contribution in [0.3, 0.4) is 0 Å². The van der Waals surface area contributed by atoms with Gasteiger partial charge in [-0.15, -0.1) is 11.6 Å². The van der Waals surface area contributed by atoms with Crippen molar-refractivity contribution in [3.05, 3.63) is 29.8 Å². The second kappa shape index (κ2) is 7.04. The number of unbranched alkanes of at least 4 members (excludes halogenated alkanes) is 1. The minimum atomic E-state index is -0.218. The van der Waals surface area contributed by atoms with Crippen molar-refractivity contribution in [3.8, 4) is 0 Å². The number of halogens is 2. The molecule has 5 heteroatoms. The van der Waals surface area contributed by atoms with Gasteiger partial charge in [-0.05, 0) is 51.7 Å². The Morgan fingerprint density at radius 2 is 2.10 bits per heavy atom. The summed E-state index contributed by atoms with van der Waals surface area (Å²) in [5.74, 6) is 1.26. The van der Waals surface area contributed by atoms with Gasteiger partial charge in [0.15, 0.2) is 0 Å². The first-order chi connectivity index (χ1) is 9.61. The van der Waals surface area contributed by atoms with Gasteiger partial charge in [0.2, 0.25) is 0 Å². The molecule has 0 spiro atoms. The zero-order valence-electron chi connectivity index (χ0n) is 12.1. The number of alkyl halides is 1. The third kappa shape index (κ3) is 3.70. The molecule has 0 saturated carbocycles. The van der Waals surface area contributed by atoms with E-state index in [0.717, 1.165) is 42.8 Å². The predicted molar refractivity (Wildman–Crippen MR) is 81.9 cm³/mol. The highest BCUT2D eigenvalue weighted by Gasteiger charge is 2.10. The molecule has 3 nitrogen and oxygen atoms in total. The lowest BCUT2D eigenvalue weighted by atomic mass is 10.2. The summed E-state index contributed by atoms with van der Waals surface area (Å²) in [5, 5.41) is 0. The van der Waals surface area contributed by atoms with Crippen molar-refractivity contribution >= 4 is 22.6 Å². The highest BCUT2D eigenvalue weighted by Crippen LogP contribution is 2.19. The van der Waals surface area contributed by atoms with Crippen molar-refractivity contribution < 1.29 is 4.39 Å². The lowest BCUT2D eigenvalue weighted by Gasteiger charge is -2.11. The summed E-state index contributed by atoms with van der Waals surface area (Å²) in [6, 6.07) is 4.75. The molecular formula is C15H21ClFN3. The highest BCUT2D eigenvalue weighted by atomic mass is 35.5. The fraction of sp³-hybridized carbons (Fsp3) is 0.533. The molecule has 0 saturated heterocycles. The van der Waals surface area contributed by atoms with E-state index in [1.165, 1.54) is 6.07 Å². The topological polar surface area (TPSA) is 21.1 Å². The fourth-order valence-corrected chi connectivity index (χ4v) is 2.54. The van der Waals surface area contributed by atoms with E-state index in [2.05, 4.69) is 28.5 Å². The number of fused-ring (bicyclic) bond motifs is 1. The van der Waals surface area contributed by atoms with Crippen molar-refractivity contribution in [1.82, 2.24) is 14.5 Å². The Kier molecular flexibility index (Phi) is 5.38. The SMILES string of the molecule is CN(C)CCCCn1c(CCCl)nc2ccc(F)cc21. The number of nitrogens with zero attached hydrogens (tertiary/aromatic N) is 3. The lowest BCUT2D eigenvalue weighted by Crippen LogP contribution is -2.14. The molecule has 2 rings (SSSR count). The molecule has 0 N–H and O–H groups in total. The van der Waals surface area contributed by atoms with Gasteiger partial charge in [0.1, 0.15) is 11.6 Å². The predicted octanol–water partition coefficient (Wildman–Crippen LogP) is 3.30. The quantitative estimate of drug-likeness (QED) is 0.577. The summed E-state index contributed by atoms with van der Waals surface area (Å²) >= 11 is 5.84. The van der Waals surface area contributed by atoms with Crippen LogP contribution < -0.4 is 0 Å². The van der Waals surface area contributed by atoms with Gasteiger partial charge in [-0.3, -0.25) is 0 Å². The summed E-state index contributed by atoms with van der Waals surface area (Å²) in [6.45, 7) is 1.92. The first kappa shape index (κ1) is 15.3. The number of benzene rings is 1. The maximum absolute atomic E-state index is 13.4. The highest BCUT2D eigenvalue weighted by molar-refractivity contribution is 6.17. The van der Waals surface area contributed by atoms with Crippen LogP contribution in [-0.2, 0) is 13.0 Å². The third-order valence-electron chi connectivity index (χ3n) is 3.34. The van der Waals surface area contributed by atoms with Gasteiger partial charge in [0, 0.05) is 18.8 Å². The van der Waals surface area contributed by atoms with Crippen LogP contribution in [-0.4, -0.2) is 41.0 Å². The van der Waals surface area contributed by atoms with Crippen LogP contribution in [0, 0.1) is 5.82 Å². The molecule has 0 atom stereocenters. The first-order valence-electron chi connectivity index (χ1n) is 6.97. The summed E-state index contributed by atoms with van der Waals surface area (Å²) < 4.78 is 15.5. The number of aromatic nitrogens is 2. The van der Waals surface area contributed by atoms with Crippen molar-refractivity contribution in [3.63, 3.8) is 0 Å². The molecule has 1 heterocycles. The molecule has 0 radical (unpaired) electrons. The molecule has 0 bridgehead atoms. The molecule has 1 aromatic carbocycles. The summed E-state index contributed by atoms with van der Waals surface area (Å²) in [4.78, 5) is 6.73. The van der Waals surface area contributed by atoms with E-state index in [-0.39, 0.29) is 5.82 Å². The van der Waals surface area contributed by atoms with Crippen molar-refractivity contribution in [2.24, 2.45) is 0 Å². The van der Waals surface area contributed by atoms with E-state index in [1.807, 2.05) is 0 Å². The van der Waals surface area contributed by atoms with E-state index in [4.69, 9.17) is 11.6 Å². The van der Waals surface area contributed by atoms with E-state index in [9.17, 15) is 4.39 Å². The average Bonchev–Trinajstić information content (AvgIpc) is 2.72. The Morgan fingerprint density at radius 3 is 2.80 bits per heavy atom. The number of aryl methyl sites for hydroxylation is 2. The maximum Gasteiger partial charge on any atom is 0.125 e. The third-order valence-corrected chi connectivity index (χ3v) is 3.53. The molecule has 2 aromatic rings. The van der Waals surface area contributed by atoms with E-state index >= 15 is 0 Å². The smallest absolute Gasteiger partial charge is 0.125 e. The number of imidazole rings is 1. The Morgan fingerprint density at radius 1 is 1.30 bits per heavy atom. The van der Waals surface area contributed by atoms with Crippen LogP contribution >= 0.6 is 11.6 Å². The molecule has 0 aliphatic heterocycles. The second-order valence-corrected chi connectivity index (χ2v) is 5.64. The molecule has 1 aromatic heterocycles. The molecule has 110 valence electrons. The van der Waals surface area contributed by atoms with Crippen molar-refractivity contribution in [1.29, 1.82) is 0 Å². The Bertz CT molecular complexity index is 565. The molecule has 0 unspecified atom stereocenters. The molecule has 20 heavy (non-hydrogen) atoms. The summed E-state index contributed by atoms with van der Waals surface area (Å²) in [7, 11) is 4.14. The molecule has 0 amide bonds. The van der Waals surface area contributed by atoms with Crippen molar-refractivity contribution in [2.75, 3.05) is 26.5 Å². The normalized spacial score (nSPS) is 11.7. The second-order valence-electron chi connectivity index (χ2n) is 5.26. The summed E-state index contributed by atoms with van der Waals surface area (Å²) in [6.07, 6.45) is 2.88. The standard InChI is InChI=1S/C15H21ClFN3/c1-19(2)9-3-4-10-20-14-11-12(17)5-6-13(14)18-15(20)7-8-16/h5-6,11H,3-4,7-10H2,1-2H3. The van der Waals surface area contributed by atoms with Gasteiger partial charge >= 0.3 is 0 Å². The van der Waals surface area contributed by atoms with Gasteiger partial charge in [-0.1, -0.05) is 0 Å². The van der Waals surface area contributed by atoms with E-state index < -0.39 is 0 Å². The molecule has 0 aliphatic rings. The van der Waals surface area contributed by atoms with Gasteiger partial charge < -0.3 is 9.47 Å². The minimum absolute atomic E-state index is 0.218. The number of hydrogen-bond acceptors (Lipinski definition) is 2. The Balaban J connectivity index is 2.19. The van der Waals surface area contributed by atoms with Gasteiger partial charge in [-0.25, -0.2) is 9.37 Å². The lowest BCUT2D eigenvalue weighted by molar-refractivity contribution is 0.387. The largest absolute Gasteiger partial charge is 0.328 e. The summed E-state index contributed by atoms with van der Waals surface area (Å²) in [5.41, 5.74) is 1.72. The van der Waals surface area contributed by atoms with E-state index in [1.54, 1.807) is 12.1 Å². The minimum Gasteiger partial charge on any atom is -0.328 e. The van der Waals surface area contributed by atoms with E-state index in [0.29, 0.717) is 12.3 Å². The average molecular weight is 298 g/mol. The molecule has 0 fully saturated rings. The number of rotatable bonds is 7. The zero-order chi connectivity index (χ0) is 14.5. The molecular weight excluding hydrogens is 277 g/mol. The Hall–Kier alpha value is -1.13. The number of hydrogen-bond donors (Lipinski definition) is 0. The van der Waals surface area contributed by atoms with Crippen LogP contribution in [0.25, 0.3) is 11.0 Å². The van der Waals surface area contributed by atoms with Gasteiger partial charge in [-0.2, -0.15) is 0 Å². The molecule has 0 aliphatic carbocycles. The van der Waals surface area contributed by atoms with Crippen LogP contribution in [0.4, 0.5) is 4.39 Å². The van der Waals surface area contributed by atoms with Crippen LogP contribution in [0.15, 0.2) is 18.2 Å². The Labute approximate surface area is 124 Å². The van der Waals surface area contributed by atoms with Crippen LogP contribution in [0.5, 0.6) is 0 Å². The fourth-order valence-electron chi connectivity index (χ4n) is 2.37. The van der Waals surface area contributed by atoms with Gasteiger partial charge in [0.25, 0.3) is 0 Å². The monoisotopic (exact) mass is 297 g/mol.